The Morgan fingerprint density at radius 3 is 2.81 bits per heavy atom. The van der Waals surface area contributed by atoms with Gasteiger partial charge in [0.05, 0.1) is 0 Å². The fraction of sp³-hybridized carbons (Fsp3) is 0.364. The highest BCUT2D eigenvalue weighted by molar-refractivity contribution is 7.99. The van der Waals surface area contributed by atoms with Crippen LogP contribution in [0.25, 0.3) is 17.0 Å². The molecule has 1 unspecified atom stereocenters. The van der Waals surface area contributed by atoms with Crippen molar-refractivity contribution < 1.29 is 9.84 Å². The number of nitrogens with zero attached hydrogens (tertiary/aromatic N) is 1. The standard InChI is InChI=1S/C22H30N2O2S/c1-5-18(13-14-23-4)11-12-19-17(3)24(15-16-27-22(25)26-6-2)21-10-8-7-9-20(19)21/h5,7-14,22-23,25H,6,15-16H2,1-4H3/b12-11+,14-13-,18-5-. The second-order valence-electron chi connectivity index (χ2n) is 6.05. The second kappa shape index (κ2) is 11.0. The van der Waals surface area contributed by atoms with Crippen LogP contribution in [0.2, 0.25) is 0 Å². The van der Waals surface area contributed by atoms with E-state index in [1.807, 2.05) is 27.1 Å². The Balaban J connectivity index is 2.27. The molecule has 1 aromatic carbocycles. The van der Waals surface area contributed by atoms with Crippen LogP contribution < -0.4 is 5.32 Å². The highest BCUT2D eigenvalue weighted by Gasteiger charge is 2.12. The lowest BCUT2D eigenvalue weighted by atomic mass is 10.1. The van der Waals surface area contributed by atoms with E-state index in [0.717, 1.165) is 17.9 Å². The number of benzene rings is 1. The van der Waals surface area contributed by atoms with E-state index < -0.39 is 5.62 Å². The van der Waals surface area contributed by atoms with Gasteiger partial charge in [-0.15, -0.1) is 0 Å². The summed E-state index contributed by atoms with van der Waals surface area (Å²) < 4.78 is 7.51. The van der Waals surface area contributed by atoms with Crippen LogP contribution in [0.15, 0.2) is 54.3 Å². The van der Waals surface area contributed by atoms with E-state index in [-0.39, 0.29) is 0 Å². The molecule has 0 saturated carbocycles. The van der Waals surface area contributed by atoms with Crippen LogP contribution in [0.5, 0.6) is 0 Å². The van der Waals surface area contributed by atoms with Crippen molar-refractivity contribution in [3.63, 3.8) is 0 Å². The molecule has 2 aromatic rings. The molecule has 146 valence electrons. The highest BCUT2D eigenvalue weighted by atomic mass is 32.2. The molecule has 0 bridgehead atoms. The Bertz CT molecular complexity index is 821. The Morgan fingerprint density at radius 2 is 2.11 bits per heavy atom. The van der Waals surface area contributed by atoms with Gasteiger partial charge in [0.25, 0.3) is 0 Å². The number of aryl methyl sites for hydroxylation is 1. The number of fused-ring (bicyclic) bond motifs is 1. The Labute approximate surface area is 166 Å². The molecule has 0 saturated heterocycles. The Hall–Kier alpha value is -1.95. The zero-order valence-corrected chi connectivity index (χ0v) is 17.4. The summed E-state index contributed by atoms with van der Waals surface area (Å²) in [4.78, 5) is 0. The predicted octanol–water partition coefficient (Wildman–Crippen LogP) is 4.69. The number of rotatable bonds is 10. The SMILES string of the molecule is C/C=C(\C=C/NC)/C=C/c1c(C)n(CCSC(O)OCC)c2ccccc12. The maximum atomic E-state index is 9.76. The van der Waals surface area contributed by atoms with E-state index in [1.165, 1.54) is 33.9 Å². The first-order chi connectivity index (χ1) is 13.1. The van der Waals surface area contributed by atoms with Gasteiger partial charge in [0, 0.05) is 48.1 Å². The number of hydrogen-bond donors (Lipinski definition) is 2. The summed E-state index contributed by atoms with van der Waals surface area (Å²) in [7, 11) is 1.89. The van der Waals surface area contributed by atoms with Crippen molar-refractivity contribution in [2.24, 2.45) is 0 Å². The normalized spacial score (nSPS) is 13.9. The first-order valence-electron chi connectivity index (χ1n) is 9.29. The number of aliphatic hydroxyl groups excluding tert-OH is 1. The molecular formula is C22H30N2O2S. The van der Waals surface area contributed by atoms with Crippen LogP contribution >= 0.6 is 11.8 Å². The lowest BCUT2D eigenvalue weighted by Gasteiger charge is -2.12. The van der Waals surface area contributed by atoms with Crippen LogP contribution in [0.1, 0.15) is 25.1 Å². The Kier molecular flexibility index (Phi) is 8.72. The van der Waals surface area contributed by atoms with E-state index in [1.54, 1.807) is 0 Å². The first kappa shape index (κ1) is 21.4. The van der Waals surface area contributed by atoms with Gasteiger partial charge in [0.1, 0.15) is 0 Å². The minimum absolute atomic E-state index is 0.518. The van der Waals surface area contributed by atoms with E-state index in [4.69, 9.17) is 4.74 Å². The van der Waals surface area contributed by atoms with E-state index in [9.17, 15) is 5.11 Å². The Morgan fingerprint density at radius 1 is 1.33 bits per heavy atom. The minimum Gasteiger partial charge on any atom is -0.394 e. The zero-order valence-electron chi connectivity index (χ0n) is 16.6. The lowest BCUT2D eigenvalue weighted by Crippen LogP contribution is -2.10. The molecular weight excluding hydrogens is 356 g/mol. The number of para-hydroxylation sites is 1. The van der Waals surface area contributed by atoms with Gasteiger partial charge in [0.15, 0.2) is 0 Å². The molecule has 0 spiro atoms. The monoisotopic (exact) mass is 386 g/mol. The van der Waals surface area contributed by atoms with Gasteiger partial charge in [-0.2, -0.15) is 0 Å². The van der Waals surface area contributed by atoms with Crippen molar-refractivity contribution in [1.29, 1.82) is 0 Å². The number of nitrogens with one attached hydrogen (secondary N) is 1. The average Bonchev–Trinajstić information content (AvgIpc) is 2.94. The van der Waals surface area contributed by atoms with Crippen LogP contribution in [0.3, 0.4) is 0 Å². The van der Waals surface area contributed by atoms with Crippen LogP contribution in [-0.4, -0.2) is 34.7 Å². The fourth-order valence-electron chi connectivity index (χ4n) is 3.00. The van der Waals surface area contributed by atoms with Crippen molar-refractivity contribution >= 4 is 28.7 Å². The molecule has 0 fully saturated rings. The maximum absolute atomic E-state index is 9.76. The molecule has 2 rings (SSSR count). The molecule has 2 N–H and O–H groups in total. The quantitative estimate of drug-likeness (QED) is 0.459. The van der Waals surface area contributed by atoms with Gasteiger partial charge < -0.3 is 19.7 Å². The minimum atomic E-state index is -0.757. The van der Waals surface area contributed by atoms with Crippen molar-refractivity contribution in [2.45, 2.75) is 32.9 Å². The number of aromatic nitrogens is 1. The molecule has 0 aliphatic heterocycles. The molecule has 1 atom stereocenters. The van der Waals surface area contributed by atoms with Crippen LogP contribution in [0.4, 0.5) is 0 Å². The molecule has 0 radical (unpaired) electrons. The third kappa shape index (κ3) is 5.76. The number of ether oxygens (including phenoxy) is 1. The highest BCUT2D eigenvalue weighted by Crippen LogP contribution is 2.28. The largest absolute Gasteiger partial charge is 0.394 e. The number of hydrogen-bond acceptors (Lipinski definition) is 4. The van der Waals surface area contributed by atoms with Crippen molar-refractivity contribution in [3.05, 3.63) is 65.5 Å². The van der Waals surface area contributed by atoms with Gasteiger partial charge in [-0.25, -0.2) is 0 Å². The summed E-state index contributed by atoms with van der Waals surface area (Å²) >= 11 is 1.42. The van der Waals surface area contributed by atoms with Crippen LogP contribution in [0, 0.1) is 6.92 Å². The van der Waals surface area contributed by atoms with Crippen molar-refractivity contribution in [1.82, 2.24) is 9.88 Å². The first-order valence-corrected chi connectivity index (χ1v) is 10.3. The third-order valence-electron chi connectivity index (χ3n) is 4.38. The molecule has 1 heterocycles. The van der Waals surface area contributed by atoms with Gasteiger partial charge in [0.2, 0.25) is 5.62 Å². The fourth-order valence-corrected chi connectivity index (χ4v) is 3.72. The molecule has 0 aliphatic carbocycles. The average molecular weight is 387 g/mol. The second-order valence-corrected chi connectivity index (χ2v) is 7.19. The zero-order chi connectivity index (χ0) is 19.6. The summed E-state index contributed by atoms with van der Waals surface area (Å²) in [6.07, 6.45) is 10.4. The maximum Gasteiger partial charge on any atom is 0.204 e. The molecule has 5 heteroatoms. The molecule has 0 amide bonds. The third-order valence-corrected chi connectivity index (χ3v) is 5.22. The van der Waals surface area contributed by atoms with Gasteiger partial charge in [-0.3, -0.25) is 0 Å². The smallest absolute Gasteiger partial charge is 0.204 e. The lowest BCUT2D eigenvalue weighted by molar-refractivity contribution is -0.0262. The van der Waals surface area contributed by atoms with Crippen molar-refractivity contribution in [3.8, 4) is 0 Å². The topological polar surface area (TPSA) is 46.4 Å². The molecule has 0 aliphatic rings. The van der Waals surface area contributed by atoms with E-state index in [2.05, 4.69) is 65.4 Å². The van der Waals surface area contributed by atoms with Gasteiger partial charge in [-0.1, -0.05) is 48.2 Å². The molecule has 27 heavy (non-hydrogen) atoms. The number of thioether (sulfide) groups is 1. The van der Waals surface area contributed by atoms with E-state index >= 15 is 0 Å². The van der Waals surface area contributed by atoms with Crippen molar-refractivity contribution in [2.75, 3.05) is 19.4 Å². The van der Waals surface area contributed by atoms with Gasteiger partial charge >= 0.3 is 0 Å². The van der Waals surface area contributed by atoms with E-state index in [0.29, 0.717) is 6.61 Å². The summed E-state index contributed by atoms with van der Waals surface area (Å²) in [5.74, 6) is 0.787. The van der Waals surface area contributed by atoms with Crippen LogP contribution in [-0.2, 0) is 11.3 Å². The summed E-state index contributed by atoms with van der Waals surface area (Å²) in [5, 5.41) is 14.0. The summed E-state index contributed by atoms with van der Waals surface area (Å²) in [6, 6.07) is 8.47. The predicted molar refractivity (Wildman–Crippen MR) is 118 cm³/mol. The van der Waals surface area contributed by atoms with Gasteiger partial charge in [-0.05, 0) is 44.7 Å². The summed E-state index contributed by atoms with van der Waals surface area (Å²) in [5.41, 5.74) is 4.07. The number of allylic oxidation sites excluding steroid dienone is 4. The number of aliphatic hydroxyl groups is 1. The molecule has 1 aromatic heterocycles. The molecule has 4 nitrogen and oxygen atoms in total. The summed E-state index contributed by atoms with van der Waals surface area (Å²) in [6.45, 7) is 7.42.